The maximum Gasteiger partial charge on any atom is 0.230 e. The van der Waals surface area contributed by atoms with E-state index >= 15 is 0 Å². The zero-order chi connectivity index (χ0) is 25.3. The second-order valence-corrected chi connectivity index (χ2v) is 12.1. The summed E-state index contributed by atoms with van der Waals surface area (Å²) in [4.78, 5) is 20.5. The Hall–Kier alpha value is -3.13. The first-order chi connectivity index (χ1) is 16.5. The normalized spacial score (nSPS) is 15.7. The molecule has 0 saturated carbocycles. The summed E-state index contributed by atoms with van der Waals surface area (Å²) in [5.41, 5.74) is 2.80. The monoisotopic (exact) mass is 512 g/mol. The number of nitriles is 1. The predicted octanol–water partition coefficient (Wildman–Crippen LogP) is 4.45. The van der Waals surface area contributed by atoms with E-state index in [9.17, 15) is 17.6 Å². The second-order valence-electron chi connectivity index (χ2n) is 8.98. The van der Waals surface area contributed by atoms with E-state index in [-0.39, 0.29) is 22.9 Å². The van der Waals surface area contributed by atoms with Crippen LogP contribution < -0.4 is 5.32 Å². The summed E-state index contributed by atoms with van der Waals surface area (Å²) in [7, 11) is -3.52. The van der Waals surface area contributed by atoms with Gasteiger partial charge in [-0.3, -0.25) is 9.69 Å². The molecule has 7 nitrogen and oxygen atoms in total. The SMILES string of the molecule is CC(C)[C@H]1c2nc(NC(=O)Cc3ccc(S(C)(=O)=O)cc3F)sc2CN1Cc1ccc(C#N)cc1. The van der Waals surface area contributed by atoms with Crippen LogP contribution >= 0.6 is 11.3 Å². The molecule has 4 rings (SSSR count). The third-order valence-electron chi connectivity index (χ3n) is 5.90. The van der Waals surface area contributed by atoms with Crippen molar-refractivity contribution in [2.75, 3.05) is 11.6 Å². The van der Waals surface area contributed by atoms with E-state index in [0.29, 0.717) is 23.2 Å². The Morgan fingerprint density at radius 3 is 2.60 bits per heavy atom. The molecule has 0 bridgehead atoms. The molecular formula is C25H25FN4O3S2. The molecule has 1 aliphatic heterocycles. The Morgan fingerprint density at radius 1 is 1.29 bits per heavy atom. The highest BCUT2D eigenvalue weighted by atomic mass is 32.2. The molecule has 182 valence electrons. The number of thiazole rings is 1. The van der Waals surface area contributed by atoms with Crippen LogP contribution in [-0.2, 0) is 34.1 Å². The number of benzene rings is 2. The van der Waals surface area contributed by atoms with Gasteiger partial charge in [0.25, 0.3) is 0 Å². The molecule has 10 heteroatoms. The number of aromatic nitrogens is 1. The number of nitrogens with zero attached hydrogens (tertiary/aromatic N) is 3. The molecule has 0 unspecified atom stereocenters. The minimum absolute atomic E-state index is 0.0866. The molecule has 1 aromatic heterocycles. The molecule has 1 atom stereocenters. The van der Waals surface area contributed by atoms with Crippen LogP contribution in [0.15, 0.2) is 47.4 Å². The predicted molar refractivity (Wildman–Crippen MR) is 132 cm³/mol. The first kappa shape index (κ1) is 25.0. The van der Waals surface area contributed by atoms with Crippen molar-refractivity contribution in [3.63, 3.8) is 0 Å². The summed E-state index contributed by atoms with van der Waals surface area (Å²) in [5, 5.41) is 12.2. The molecule has 1 aliphatic rings. The van der Waals surface area contributed by atoms with Crippen molar-refractivity contribution in [1.29, 1.82) is 5.26 Å². The summed E-state index contributed by atoms with van der Waals surface area (Å²) in [6.07, 6.45) is 0.782. The van der Waals surface area contributed by atoms with Gasteiger partial charge in [0, 0.05) is 24.2 Å². The van der Waals surface area contributed by atoms with E-state index in [1.165, 1.54) is 23.5 Å². The maximum absolute atomic E-state index is 14.3. The van der Waals surface area contributed by atoms with Crippen LogP contribution in [0.4, 0.5) is 9.52 Å². The fraction of sp³-hybridized carbons (Fsp3) is 0.320. The number of carbonyl (C=O) groups is 1. The van der Waals surface area contributed by atoms with Crippen molar-refractivity contribution >= 4 is 32.2 Å². The Balaban J connectivity index is 1.44. The van der Waals surface area contributed by atoms with Gasteiger partial charge >= 0.3 is 0 Å². The molecule has 3 aromatic rings. The van der Waals surface area contributed by atoms with Crippen LogP contribution in [0.25, 0.3) is 0 Å². The largest absolute Gasteiger partial charge is 0.302 e. The molecule has 1 N–H and O–H groups in total. The highest BCUT2D eigenvalue weighted by molar-refractivity contribution is 7.90. The number of anilines is 1. The van der Waals surface area contributed by atoms with E-state index in [4.69, 9.17) is 10.2 Å². The third-order valence-corrected chi connectivity index (χ3v) is 7.98. The van der Waals surface area contributed by atoms with Gasteiger partial charge in [-0.2, -0.15) is 5.26 Å². The third kappa shape index (κ3) is 5.59. The highest BCUT2D eigenvalue weighted by Crippen LogP contribution is 2.43. The fourth-order valence-electron chi connectivity index (χ4n) is 4.27. The zero-order valence-corrected chi connectivity index (χ0v) is 21.2. The minimum atomic E-state index is -3.52. The van der Waals surface area contributed by atoms with Gasteiger partial charge < -0.3 is 5.32 Å². The van der Waals surface area contributed by atoms with Crippen LogP contribution in [0, 0.1) is 23.1 Å². The smallest absolute Gasteiger partial charge is 0.230 e. The Bertz CT molecular complexity index is 1410. The standard InChI is InChI=1S/C25H25FN4O3S2/c1-15(2)24-23-21(14-30(24)13-17-6-4-16(12-27)5-7-17)34-25(29-23)28-22(31)10-18-8-9-19(11-20(18)26)35(3,32)33/h4-9,11,15,24H,10,13-14H2,1-3H3,(H,28,29,31)/t24-/m0/s1. The van der Waals surface area contributed by atoms with Gasteiger partial charge in [0.2, 0.25) is 5.91 Å². The van der Waals surface area contributed by atoms with E-state index in [1.807, 2.05) is 24.3 Å². The number of carbonyl (C=O) groups excluding carboxylic acids is 1. The van der Waals surface area contributed by atoms with E-state index in [2.05, 4.69) is 30.1 Å². The number of hydrogen-bond acceptors (Lipinski definition) is 7. The molecule has 2 aromatic carbocycles. The molecule has 35 heavy (non-hydrogen) atoms. The van der Waals surface area contributed by atoms with Crippen LogP contribution in [-0.4, -0.2) is 30.5 Å². The molecule has 0 fully saturated rings. The topological polar surface area (TPSA) is 103 Å². The van der Waals surface area contributed by atoms with Gasteiger partial charge in [0.15, 0.2) is 15.0 Å². The summed E-state index contributed by atoms with van der Waals surface area (Å²) >= 11 is 1.41. The first-order valence-corrected chi connectivity index (χ1v) is 13.8. The number of sulfone groups is 1. The summed E-state index contributed by atoms with van der Waals surface area (Å²) in [6, 6.07) is 13.3. The van der Waals surface area contributed by atoms with Gasteiger partial charge in [0.1, 0.15) is 5.82 Å². The summed E-state index contributed by atoms with van der Waals surface area (Å²) in [6.45, 7) is 5.69. The minimum Gasteiger partial charge on any atom is -0.302 e. The lowest BCUT2D eigenvalue weighted by atomic mass is 10.0. The van der Waals surface area contributed by atoms with Crippen molar-refractivity contribution in [3.05, 3.63) is 75.5 Å². The quantitative estimate of drug-likeness (QED) is 0.502. The maximum atomic E-state index is 14.3. The van der Waals surface area contributed by atoms with Gasteiger partial charge in [-0.15, -0.1) is 11.3 Å². The van der Waals surface area contributed by atoms with Crippen LogP contribution in [0.1, 0.15) is 47.2 Å². The van der Waals surface area contributed by atoms with Crippen molar-refractivity contribution in [2.24, 2.45) is 5.92 Å². The summed E-state index contributed by atoms with van der Waals surface area (Å²) in [5.74, 6) is -0.857. The molecule has 0 radical (unpaired) electrons. The number of hydrogen-bond donors (Lipinski definition) is 1. The van der Waals surface area contributed by atoms with E-state index in [0.717, 1.165) is 35.0 Å². The van der Waals surface area contributed by atoms with Gasteiger partial charge in [-0.25, -0.2) is 17.8 Å². The van der Waals surface area contributed by atoms with Gasteiger partial charge in [-0.05, 0) is 41.3 Å². The number of halogens is 1. The molecule has 2 heterocycles. The lowest BCUT2D eigenvalue weighted by Gasteiger charge is -2.27. The molecule has 0 spiro atoms. The van der Waals surface area contributed by atoms with E-state index < -0.39 is 21.6 Å². The molecular weight excluding hydrogens is 487 g/mol. The Labute approximate surface area is 208 Å². The highest BCUT2D eigenvalue weighted by Gasteiger charge is 2.36. The molecule has 0 saturated heterocycles. The van der Waals surface area contributed by atoms with Crippen molar-refractivity contribution in [1.82, 2.24) is 9.88 Å². The number of fused-ring (bicyclic) bond motifs is 1. The summed E-state index contributed by atoms with van der Waals surface area (Å²) < 4.78 is 37.5. The Kier molecular flexibility index (Phi) is 7.03. The van der Waals surface area contributed by atoms with Crippen LogP contribution in [0.5, 0.6) is 0 Å². The fourth-order valence-corrected chi connectivity index (χ4v) is 5.94. The van der Waals surface area contributed by atoms with Crippen LogP contribution in [0.3, 0.4) is 0 Å². The van der Waals surface area contributed by atoms with E-state index in [1.54, 1.807) is 0 Å². The zero-order valence-electron chi connectivity index (χ0n) is 19.6. The Morgan fingerprint density at radius 2 is 2.00 bits per heavy atom. The number of rotatable bonds is 7. The number of amides is 1. The second kappa shape index (κ2) is 9.85. The number of nitrogens with one attached hydrogen (secondary N) is 1. The lowest BCUT2D eigenvalue weighted by molar-refractivity contribution is -0.115. The van der Waals surface area contributed by atoms with Gasteiger partial charge in [0.05, 0.1) is 34.7 Å². The average Bonchev–Trinajstić information content (AvgIpc) is 3.31. The first-order valence-electron chi connectivity index (χ1n) is 11.1. The molecule has 1 amide bonds. The van der Waals surface area contributed by atoms with Crippen molar-refractivity contribution < 1.29 is 17.6 Å². The van der Waals surface area contributed by atoms with Gasteiger partial charge in [-0.1, -0.05) is 32.0 Å². The lowest BCUT2D eigenvalue weighted by Crippen LogP contribution is -2.26. The average molecular weight is 513 g/mol. The van der Waals surface area contributed by atoms with Crippen molar-refractivity contribution in [3.8, 4) is 6.07 Å². The van der Waals surface area contributed by atoms with Crippen LogP contribution in [0.2, 0.25) is 0 Å². The van der Waals surface area contributed by atoms with Crippen molar-refractivity contribution in [2.45, 2.75) is 44.3 Å². The molecule has 0 aliphatic carbocycles.